The van der Waals surface area contributed by atoms with Crippen LogP contribution in [0.3, 0.4) is 0 Å². The van der Waals surface area contributed by atoms with E-state index in [0.29, 0.717) is 26.1 Å². The van der Waals surface area contributed by atoms with Crippen LogP contribution in [0.15, 0.2) is 60.7 Å². The molecule has 0 bridgehead atoms. The van der Waals surface area contributed by atoms with Crippen molar-refractivity contribution in [1.29, 1.82) is 0 Å². The fourth-order valence-corrected chi connectivity index (χ4v) is 5.54. The summed E-state index contributed by atoms with van der Waals surface area (Å²) in [7, 11) is -3.55. The summed E-state index contributed by atoms with van der Waals surface area (Å²) in [6, 6.07) is 18.3. The van der Waals surface area contributed by atoms with Gasteiger partial charge < -0.3 is 39.0 Å². The number of rotatable bonds is 12. The van der Waals surface area contributed by atoms with Crippen molar-refractivity contribution < 1.29 is 50.7 Å². The molecule has 308 valence electrons. The second-order valence-corrected chi connectivity index (χ2v) is 16.9. The summed E-state index contributed by atoms with van der Waals surface area (Å²) < 4.78 is 48.3. The first kappa shape index (κ1) is 46.6. The van der Waals surface area contributed by atoms with E-state index < -0.39 is 39.5 Å². The molecule has 2 aromatic carbocycles. The number of alkyl carbamates (subject to hydrolysis) is 1. The summed E-state index contributed by atoms with van der Waals surface area (Å²) in [5.41, 5.74) is 0.598. The molecule has 1 saturated heterocycles. The third kappa shape index (κ3) is 20.6. The van der Waals surface area contributed by atoms with E-state index in [9.17, 15) is 27.6 Å². The molecule has 0 aromatic heterocycles. The number of hydrogen-bond donors (Lipinski definition) is 1. The first-order valence-electron chi connectivity index (χ1n) is 18.4. The number of ether oxygens (including phenoxy) is 4. The lowest BCUT2D eigenvalue weighted by molar-refractivity contribution is 0.0219. The monoisotopic (exact) mass is 792 g/mol. The van der Waals surface area contributed by atoms with Crippen LogP contribution in [0.1, 0.15) is 79.4 Å². The third-order valence-corrected chi connectivity index (χ3v) is 8.12. The summed E-state index contributed by atoms with van der Waals surface area (Å²) in [5, 5.41) is 2.68. The maximum Gasteiger partial charge on any atom is 0.410 e. The molecule has 3 rings (SSSR count). The maximum atomic E-state index is 12.5. The Labute approximate surface area is 326 Å². The minimum atomic E-state index is -3.55. The average Bonchev–Trinajstić information content (AvgIpc) is 3.28. The van der Waals surface area contributed by atoms with Crippen molar-refractivity contribution in [3.63, 3.8) is 0 Å². The van der Waals surface area contributed by atoms with Gasteiger partial charge in [0.1, 0.15) is 24.4 Å². The van der Waals surface area contributed by atoms with Crippen molar-refractivity contribution in [2.75, 3.05) is 45.6 Å². The molecule has 1 N–H and O–H groups in total. The highest BCUT2D eigenvalue weighted by molar-refractivity contribution is 7.85. The molecule has 4 amide bonds. The smallest absolute Gasteiger partial charge is 0.410 e. The number of amides is 4. The van der Waals surface area contributed by atoms with Crippen LogP contribution in [0, 0.1) is 0 Å². The van der Waals surface area contributed by atoms with Gasteiger partial charge >= 0.3 is 24.4 Å². The summed E-state index contributed by atoms with van der Waals surface area (Å²) in [6.07, 6.45) is 0.109. The molecule has 0 spiro atoms. The Hall–Kier alpha value is -4.57. The van der Waals surface area contributed by atoms with E-state index in [2.05, 4.69) is 5.32 Å². The summed E-state index contributed by atoms with van der Waals surface area (Å²) in [4.78, 5) is 53.9. The summed E-state index contributed by atoms with van der Waals surface area (Å²) in [6.45, 7) is 16.7. The Kier molecular flexibility index (Phi) is 18.7. The first-order valence-corrected chi connectivity index (χ1v) is 20.2. The molecule has 0 unspecified atom stereocenters. The van der Waals surface area contributed by atoms with Gasteiger partial charge in [-0.05, 0) is 79.4 Å². The predicted molar refractivity (Wildman–Crippen MR) is 208 cm³/mol. The second kappa shape index (κ2) is 22.1. The van der Waals surface area contributed by atoms with Gasteiger partial charge in [-0.2, -0.15) is 8.42 Å². The van der Waals surface area contributed by atoms with Crippen molar-refractivity contribution in [3.05, 3.63) is 71.8 Å². The fraction of sp³-hybridized carbons (Fsp3) is 0.590. The number of nitrogens with one attached hydrogen (secondary N) is 1. The van der Waals surface area contributed by atoms with Crippen LogP contribution in [-0.4, -0.2) is 116 Å². The Morgan fingerprint density at radius 1 is 0.836 bits per heavy atom. The highest BCUT2D eigenvalue weighted by Gasteiger charge is 2.31. The van der Waals surface area contributed by atoms with Crippen molar-refractivity contribution >= 4 is 34.5 Å². The van der Waals surface area contributed by atoms with E-state index in [1.165, 1.54) is 4.90 Å². The highest BCUT2D eigenvalue weighted by Crippen LogP contribution is 2.17. The second-order valence-electron chi connectivity index (χ2n) is 15.3. The van der Waals surface area contributed by atoms with Gasteiger partial charge in [-0.15, -0.1) is 0 Å². The molecule has 0 radical (unpaired) electrons. The van der Waals surface area contributed by atoms with E-state index in [1.54, 1.807) is 37.5 Å². The van der Waals surface area contributed by atoms with Gasteiger partial charge in [-0.25, -0.2) is 19.2 Å². The van der Waals surface area contributed by atoms with Crippen LogP contribution >= 0.6 is 0 Å². The van der Waals surface area contributed by atoms with Gasteiger partial charge in [0, 0.05) is 44.8 Å². The van der Waals surface area contributed by atoms with Crippen LogP contribution in [0.2, 0.25) is 0 Å². The normalized spacial score (nSPS) is 15.3. The SMILES string of the molecule is C[C@@H](CN(CCCOS(C)(=O)=O)C(=O)OC(C)(C)C)NC(=O)OCc1ccccc1.C[C@H]1CN(C(=O)OC(C)(C)C)CCCN1C(=O)OCc1ccccc1. The zero-order valence-electron chi connectivity index (χ0n) is 33.7. The minimum Gasteiger partial charge on any atom is -0.445 e. The minimum absolute atomic E-state index is 0.0565. The van der Waals surface area contributed by atoms with E-state index in [-0.39, 0.29) is 57.6 Å². The molecule has 1 aliphatic rings. The van der Waals surface area contributed by atoms with Crippen LogP contribution in [0.25, 0.3) is 0 Å². The fourth-order valence-electron chi connectivity index (χ4n) is 5.12. The molecule has 0 aliphatic carbocycles. The van der Waals surface area contributed by atoms with Gasteiger partial charge in [-0.3, -0.25) is 4.18 Å². The molecular weight excluding hydrogens is 733 g/mol. The van der Waals surface area contributed by atoms with Gasteiger partial charge in [0.15, 0.2) is 0 Å². The molecule has 1 aliphatic heterocycles. The molecule has 1 heterocycles. The molecule has 15 nitrogen and oxygen atoms in total. The number of nitrogens with zero attached hydrogens (tertiary/aromatic N) is 3. The van der Waals surface area contributed by atoms with Crippen LogP contribution in [0.4, 0.5) is 19.2 Å². The molecule has 55 heavy (non-hydrogen) atoms. The number of carbonyl (C=O) groups is 4. The first-order chi connectivity index (χ1) is 25.6. The lowest BCUT2D eigenvalue weighted by Gasteiger charge is -2.30. The average molecular weight is 793 g/mol. The number of carbonyl (C=O) groups excluding carboxylic acids is 4. The summed E-state index contributed by atoms with van der Waals surface area (Å²) in [5.74, 6) is 0. The Morgan fingerprint density at radius 2 is 1.38 bits per heavy atom. The lowest BCUT2D eigenvalue weighted by Crippen LogP contribution is -2.46. The Morgan fingerprint density at radius 3 is 1.91 bits per heavy atom. The van der Waals surface area contributed by atoms with Crippen molar-refractivity contribution in [2.24, 2.45) is 0 Å². The quantitative estimate of drug-likeness (QED) is 0.140. The zero-order valence-corrected chi connectivity index (χ0v) is 34.6. The van der Waals surface area contributed by atoms with E-state index in [0.717, 1.165) is 17.4 Å². The van der Waals surface area contributed by atoms with Crippen molar-refractivity contribution in [3.8, 4) is 0 Å². The van der Waals surface area contributed by atoms with Gasteiger partial charge in [0.05, 0.1) is 12.9 Å². The van der Waals surface area contributed by atoms with Crippen LogP contribution < -0.4 is 5.32 Å². The molecule has 2 aromatic rings. The lowest BCUT2D eigenvalue weighted by atomic mass is 10.2. The van der Waals surface area contributed by atoms with Gasteiger partial charge in [0.25, 0.3) is 10.1 Å². The van der Waals surface area contributed by atoms with Crippen LogP contribution in [-0.2, 0) is 46.5 Å². The Bertz CT molecular complexity index is 1600. The molecular formula is C39H60N4O11S. The predicted octanol–water partition coefficient (Wildman–Crippen LogP) is 6.56. The van der Waals surface area contributed by atoms with Gasteiger partial charge in [-0.1, -0.05) is 60.7 Å². The largest absolute Gasteiger partial charge is 0.445 e. The van der Waals surface area contributed by atoms with Crippen molar-refractivity contribution in [1.82, 2.24) is 20.0 Å². The molecule has 1 fully saturated rings. The van der Waals surface area contributed by atoms with Gasteiger partial charge in [0.2, 0.25) is 0 Å². The van der Waals surface area contributed by atoms with Crippen molar-refractivity contribution in [2.45, 2.75) is 105 Å². The number of benzene rings is 2. The zero-order chi connectivity index (χ0) is 41.2. The van der Waals surface area contributed by atoms with E-state index in [4.69, 9.17) is 23.1 Å². The Balaban J connectivity index is 0.000000386. The third-order valence-electron chi connectivity index (χ3n) is 7.53. The maximum absolute atomic E-state index is 12.5. The standard InChI is InChI=1S/C20H32N2O7S.C19H28N2O4/c1-16(21-18(23)27-15-17-10-7-6-8-11-17)14-22(19(24)29-20(2,3)4)12-9-13-28-30(5,25)26;1-15-13-20(17(22)25-19(2,3)4)11-8-12-21(15)18(23)24-14-16-9-6-5-7-10-16/h6-8,10-11,16H,9,12-15H2,1-5H3,(H,21,23);5-7,9-10,15H,8,11-14H2,1-4H3/t16-;15-/m00/s1. The molecule has 0 saturated carbocycles. The van der Waals surface area contributed by atoms with E-state index >= 15 is 0 Å². The van der Waals surface area contributed by atoms with Crippen LogP contribution in [0.5, 0.6) is 0 Å². The van der Waals surface area contributed by atoms with E-state index in [1.807, 2.05) is 88.4 Å². The topological polar surface area (TPSA) is 170 Å². The molecule has 16 heteroatoms. The molecule has 2 atom stereocenters. The summed E-state index contributed by atoms with van der Waals surface area (Å²) >= 11 is 0. The number of hydrogen-bond acceptors (Lipinski definition) is 11. The highest BCUT2D eigenvalue weighted by atomic mass is 32.2.